The first-order chi connectivity index (χ1) is 9.58. The number of hydrogen-bond acceptors (Lipinski definition) is 3. The highest BCUT2D eigenvalue weighted by Crippen LogP contribution is 2.06. The molecule has 0 unspecified atom stereocenters. The minimum atomic E-state index is -0.136. The lowest BCUT2D eigenvalue weighted by Crippen LogP contribution is -2.43. The summed E-state index contributed by atoms with van der Waals surface area (Å²) >= 11 is 5.33. The third-order valence-electron chi connectivity index (χ3n) is 3.20. The van der Waals surface area contributed by atoms with Gasteiger partial charge in [0.25, 0.3) is 5.56 Å². The molecule has 6 heteroatoms. The van der Waals surface area contributed by atoms with Gasteiger partial charge in [0.1, 0.15) is 5.82 Å². The Hall–Kier alpha value is -1.95. The first kappa shape index (κ1) is 14.5. The lowest BCUT2D eigenvalue weighted by atomic mass is 10.2. The van der Waals surface area contributed by atoms with Crippen molar-refractivity contribution in [2.45, 2.75) is 20.8 Å². The summed E-state index contributed by atoms with van der Waals surface area (Å²) in [4.78, 5) is 18.9. The summed E-state index contributed by atoms with van der Waals surface area (Å²) in [5.41, 5.74) is 3.53. The van der Waals surface area contributed by atoms with E-state index in [1.807, 2.05) is 36.9 Å². The van der Waals surface area contributed by atoms with Crippen molar-refractivity contribution in [3.05, 3.63) is 40.4 Å². The molecular formula is C14H18N4OS. The van der Waals surface area contributed by atoms with Gasteiger partial charge in [-0.15, -0.1) is 0 Å². The van der Waals surface area contributed by atoms with Crippen LogP contribution in [0.3, 0.4) is 0 Å². The SMILES string of the molecule is CCN(CC)C(=S)Nn1c(C)nc2ccccc2c1=O. The van der Waals surface area contributed by atoms with Crippen molar-refractivity contribution in [1.29, 1.82) is 0 Å². The third-order valence-corrected chi connectivity index (χ3v) is 3.55. The fraction of sp³-hybridized carbons (Fsp3) is 0.357. The van der Waals surface area contributed by atoms with E-state index in [0.29, 0.717) is 21.8 Å². The van der Waals surface area contributed by atoms with Crippen LogP contribution < -0.4 is 11.0 Å². The molecule has 0 fully saturated rings. The summed E-state index contributed by atoms with van der Waals surface area (Å²) < 4.78 is 1.41. The Morgan fingerprint density at radius 1 is 1.35 bits per heavy atom. The molecule has 0 aliphatic heterocycles. The van der Waals surface area contributed by atoms with Crippen LogP contribution in [0.15, 0.2) is 29.1 Å². The number of rotatable bonds is 3. The van der Waals surface area contributed by atoms with Crippen molar-refractivity contribution in [1.82, 2.24) is 14.6 Å². The van der Waals surface area contributed by atoms with Crippen LogP contribution in [-0.2, 0) is 0 Å². The maximum Gasteiger partial charge on any atom is 0.280 e. The van der Waals surface area contributed by atoms with Crippen molar-refractivity contribution >= 4 is 28.2 Å². The molecule has 2 aromatic rings. The van der Waals surface area contributed by atoms with Crippen molar-refractivity contribution in [2.24, 2.45) is 0 Å². The Morgan fingerprint density at radius 2 is 2.00 bits per heavy atom. The van der Waals surface area contributed by atoms with E-state index in [-0.39, 0.29) is 5.56 Å². The van der Waals surface area contributed by atoms with Crippen LogP contribution in [0.5, 0.6) is 0 Å². The van der Waals surface area contributed by atoms with Gasteiger partial charge in [-0.3, -0.25) is 10.2 Å². The number of aryl methyl sites for hydroxylation is 1. The van der Waals surface area contributed by atoms with Gasteiger partial charge in [0, 0.05) is 13.1 Å². The van der Waals surface area contributed by atoms with Crippen LogP contribution in [0.4, 0.5) is 0 Å². The molecule has 1 aromatic carbocycles. The average Bonchev–Trinajstić information content (AvgIpc) is 2.45. The van der Waals surface area contributed by atoms with Crippen molar-refractivity contribution in [2.75, 3.05) is 18.5 Å². The first-order valence-corrected chi connectivity index (χ1v) is 7.03. The normalized spacial score (nSPS) is 10.6. The highest BCUT2D eigenvalue weighted by atomic mass is 32.1. The van der Waals surface area contributed by atoms with Gasteiger partial charge in [-0.05, 0) is 45.1 Å². The summed E-state index contributed by atoms with van der Waals surface area (Å²) in [5, 5.41) is 1.10. The molecule has 0 bridgehead atoms. The van der Waals surface area contributed by atoms with Gasteiger partial charge < -0.3 is 4.90 Å². The zero-order valence-electron chi connectivity index (χ0n) is 11.9. The molecule has 0 amide bonds. The Bertz CT molecular complexity index is 691. The van der Waals surface area contributed by atoms with Gasteiger partial charge >= 0.3 is 0 Å². The number of aromatic nitrogens is 2. The third kappa shape index (κ3) is 2.65. The van der Waals surface area contributed by atoms with E-state index in [0.717, 1.165) is 13.1 Å². The summed E-state index contributed by atoms with van der Waals surface area (Å²) in [6.07, 6.45) is 0. The molecule has 2 rings (SSSR count). The quantitative estimate of drug-likeness (QED) is 0.875. The predicted molar refractivity (Wildman–Crippen MR) is 85.6 cm³/mol. The maximum absolute atomic E-state index is 12.5. The molecule has 0 spiro atoms. The molecule has 0 aliphatic rings. The lowest BCUT2D eigenvalue weighted by molar-refractivity contribution is 0.467. The van der Waals surface area contributed by atoms with Crippen molar-refractivity contribution in [3.63, 3.8) is 0 Å². The van der Waals surface area contributed by atoms with E-state index in [2.05, 4.69) is 10.4 Å². The van der Waals surface area contributed by atoms with E-state index >= 15 is 0 Å². The van der Waals surface area contributed by atoms with Gasteiger partial charge in [0.15, 0.2) is 5.11 Å². The number of hydrogen-bond donors (Lipinski definition) is 1. The lowest BCUT2D eigenvalue weighted by Gasteiger charge is -2.23. The van der Waals surface area contributed by atoms with Gasteiger partial charge in [0.2, 0.25) is 0 Å². The summed E-state index contributed by atoms with van der Waals surface area (Å²) in [7, 11) is 0. The molecule has 1 aromatic heterocycles. The number of para-hydroxylation sites is 1. The topological polar surface area (TPSA) is 50.2 Å². The van der Waals surface area contributed by atoms with Gasteiger partial charge in [-0.2, -0.15) is 0 Å². The van der Waals surface area contributed by atoms with Crippen LogP contribution in [-0.4, -0.2) is 32.8 Å². The molecule has 0 saturated carbocycles. The van der Waals surface area contributed by atoms with Gasteiger partial charge in [0.05, 0.1) is 10.9 Å². The second-order valence-corrected chi connectivity index (χ2v) is 4.79. The van der Waals surface area contributed by atoms with E-state index < -0.39 is 0 Å². The number of fused-ring (bicyclic) bond motifs is 1. The number of thiocarbonyl (C=S) groups is 1. The number of nitrogens with zero attached hydrogens (tertiary/aromatic N) is 3. The Morgan fingerprint density at radius 3 is 2.65 bits per heavy atom. The predicted octanol–water partition coefficient (Wildman–Crippen LogP) is 1.88. The van der Waals surface area contributed by atoms with Crippen LogP contribution in [0.2, 0.25) is 0 Å². The summed E-state index contributed by atoms with van der Waals surface area (Å²) in [6, 6.07) is 7.29. The summed E-state index contributed by atoms with van der Waals surface area (Å²) in [6.45, 7) is 7.40. The second-order valence-electron chi connectivity index (χ2n) is 4.41. The number of benzene rings is 1. The Balaban J connectivity index is 2.45. The first-order valence-electron chi connectivity index (χ1n) is 6.62. The molecule has 0 saturated heterocycles. The molecule has 20 heavy (non-hydrogen) atoms. The zero-order chi connectivity index (χ0) is 14.7. The minimum absolute atomic E-state index is 0.136. The van der Waals surface area contributed by atoms with Crippen LogP contribution in [0.25, 0.3) is 10.9 Å². The molecule has 0 aliphatic carbocycles. The fourth-order valence-corrected chi connectivity index (χ4v) is 2.40. The second kappa shape index (κ2) is 6.00. The molecule has 0 atom stereocenters. The van der Waals surface area contributed by atoms with Crippen LogP contribution in [0, 0.1) is 6.92 Å². The van der Waals surface area contributed by atoms with Gasteiger partial charge in [-0.25, -0.2) is 9.66 Å². The highest BCUT2D eigenvalue weighted by molar-refractivity contribution is 7.80. The average molecular weight is 290 g/mol. The highest BCUT2D eigenvalue weighted by Gasteiger charge is 2.11. The molecule has 0 radical (unpaired) electrons. The minimum Gasteiger partial charge on any atom is -0.348 e. The monoisotopic (exact) mass is 290 g/mol. The largest absolute Gasteiger partial charge is 0.348 e. The molecule has 106 valence electrons. The van der Waals surface area contributed by atoms with E-state index in [1.54, 1.807) is 13.0 Å². The van der Waals surface area contributed by atoms with Crippen molar-refractivity contribution in [3.8, 4) is 0 Å². The van der Waals surface area contributed by atoms with E-state index in [1.165, 1.54) is 4.68 Å². The standard InChI is InChI=1S/C14H18N4OS/c1-4-17(5-2)14(20)16-18-10(3)15-12-9-7-6-8-11(12)13(18)19/h6-9H,4-5H2,1-3H3,(H,16,20). The van der Waals surface area contributed by atoms with E-state index in [9.17, 15) is 4.79 Å². The smallest absolute Gasteiger partial charge is 0.280 e. The van der Waals surface area contributed by atoms with Crippen LogP contribution in [0.1, 0.15) is 19.7 Å². The summed E-state index contributed by atoms with van der Waals surface area (Å²) in [5.74, 6) is 0.586. The van der Waals surface area contributed by atoms with E-state index in [4.69, 9.17) is 12.2 Å². The van der Waals surface area contributed by atoms with Crippen molar-refractivity contribution < 1.29 is 0 Å². The number of nitrogens with one attached hydrogen (secondary N) is 1. The fourth-order valence-electron chi connectivity index (χ4n) is 2.05. The Labute approximate surface area is 123 Å². The van der Waals surface area contributed by atoms with Gasteiger partial charge in [-0.1, -0.05) is 12.1 Å². The Kier molecular flexibility index (Phi) is 4.34. The molecule has 1 N–H and O–H groups in total. The zero-order valence-corrected chi connectivity index (χ0v) is 12.7. The maximum atomic E-state index is 12.5. The van der Waals surface area contributed by atoms with Crippen LogP contribution >= 0.6 is 12.2 Å². The molecule has 1 heterocycles. The molecule has 5 nitrogen and oxygen atoms in total. The molecular weight excluding hydrogens is 272 g/mol.